The molecule has 38 heavy (non-hydrogen) atoms. The largest absolute Gasteiger partial charge is 0.389 e. The van der Waals surface area contributed by atoms with Gasteiger partial charge in [0.2, 0.25) is 11.9 Å². The molecular formula is C29H35N5O3S. The summed E-state index contributed by atoms with van der Waals surface area (Å²) in [7, 11) is 1.75. The number of aliphatic hydroxyl groups is 1. The van der Waals surface area contributed by atoms with E-state index < -0.39 is 11.6 Å². The normalized spacial score (nSPS) is 12.0. The van der Waals surface area contributed by atoms with Crippen molar-refractivity contribution in [1.29, 1.82) is 0 Å². The van der Waals surface area contributed by atoms with Gasteiger partial charge >= 0.3 is 6.03 Å². The summed E-state index contributed by atoms with van der Waals surface area (Å²) in [6.07, 6.45) is 0.413. The molecule has 0 aliphatic rings. The van der Waals surface area contributed by atoms with Crippen molar-refractivity contribution >= 4 is 50.9 Å². The van der Waals surface area contributed by atoms with Crippen LogP contribution in [0.25, 0.3) is 21.5 Å². The van der Waals surface area contributed by atoms with Crippen molar-refractivity contribution in [2.75, 3.05) is 22.6 Å². The number of fused-ring (bicyclic) bond motifs is 1. The van der Waals surface area contributed by atoms with Crippen LogP contribution in [0.4, 0.5) is 21.4 Å². The predicted octanol–water partition coefficient (Wildman–Crippen LogP) is 6.58. The molecule has 2 heterocycles. The zero-order chi connectivity index (χ0) is 27.7. The Balaban J connectivity index is 1.58. The minimum atomic E-state index is -1.04. The minimum absolute atomic E-state index is 0.0105. The first-order valence-corrected chi connectivity index (χ1v) is 13.3. The van der Waals surface area contributed by atoms with Crippen LogP contribution in [0.5, 0.6) is 0 Å². The third-order valence-corrected chi connectivity index (χ3v) is 6.90. The molecule has 0 saturated carbocycles. The van der Waals surface area contributed by atoms with Crippen LogP contribution < -0.4 is 15.5 Å². The van der Waals surface area contributed by atoms with Gasteiger partial charge in [0.1, 0.15) is 0 Å². The van der Waals surface area contributed by atoms with Gasteiger partial charge in [0.15, 0.2) is 0 Å². The molecule has 3 N–H and O–H groups in total. The molecule has 3 amide bonds. The van der Waals surface area contributed by atoms with Crippen LogP contribution in [0.15, 0.2) is 60.7 Å². The summed E-state index contributed by atoms with van der Waals surface area (Å²) in [6.45, 7) is 9.71. The highest BCUT2D eigenvalue weighted by Gasteiger charge is 2.23. The molecule has 0 aliphatic carbocycles. The lowest BCUT2D eigenvalue weighted by Gasteiger charge is -2.23. The summed E-state index contributed by atoms with van der Waals surface area (Å²) in [6, 6.07) is 18.9. The molecule has 4 aromatic rings. The third kappa shape index (κ3) is 6.79. The number of anilines is 3. The maximum atomic E-state index is 12.9. The molecular weight excluding hydrogens is 498 g/mol. The fraction of sp³-hybridized carbons (Fsp3) is 0.345. The van der Waals surface area contributed by atoms with Crippen molar-refractivity contribution in [3.63, 3.8) is 0 Å². The third-order valence-electron chi connectivity index (χ3n) is 5.85. The molecule has 4 rings (SSSR count). The summed E-state index contributed by atoms with van der Waals surface area (Å²) < 4.78 is 1.78. The number of carbonyl (C=O) groups excluding carboxylic acids is 2. The van der Waals surface area contributed by atoms with Crippen molar-refractivity contribution in [2.24, 2.45) is 5.41 Å². The van der Waals surface area contributed by atoms with Gasteiger partial charge in [-0.2, -0.15) is 0 Å². The van der Waals surface area contributed by atoms with Gasteiger partial charge in [-0.05, 0) is 55.2 Å². The summed E-state index contributed by atoms with van der Waals surface area (Å²) >= 11 is 1.48. The van der Waals surface area contributed by atoms with Crippen molar-refractivity contribution in [1.82, 2.24) is 9.55 Å². The number of hydrogen-bond donors (Lipinski definition) is 3. The van der Waals surface area contributed by atoms with Gasteiger partial charge in [0.25, 0.3) is 0 Å². The Bertz CT molecular complexity index is 1440. The number of hydrogen-bond acceptors (Lipinski definition) is 5. The summed E-state index contributed by atoms with van der Waals surface area (Å²) in [5.41, 5.74) is 1.97. The van der Waals surface area contributed by atoms with Crippen LogP contribution in [-0.2, 0) is 11.3 Å². The van der Waals surface area contributed by atoms with Crippen molar-refractivity contribution in [3.8, 4) is 10.4 Å². The topological polar surface area (TPSA) is 99.5 Å². The molecule has 200 valence electrons. The average molecular weight is 534 g/mol. The molecule has 9 heteroatoms. The van der Waals surface area contributed by atoms with Gasteiger partial charge in [0.05, 0.1) is 28.2 Å². The highest BCUT2D eigenvalue weighted by Crippen LogP contribution is 2.32. The Hall–Kier alpha value is -3.69. The highest BCUT2D eigenvalue weighted by molar-refractivity contribution is 7.19. The van der Waals surface area contributed by atoms with Crippen LogP contribution in [0.2, 0.25) is 0 Å². The maximum absolute atomic E-state index is 12.9. The molecule has 0 saturated heterocycles. The Kier molecular flexibility index (Phi) is 7.62. The van der Waals surface area contributed by atoms with Gasteiger partial charge in [-0.15, -0.1) is 11.3 Å². The molecule has 0 bridgehead atoms. The number of urea groups is 1. The Morgan fingerprint density at radius 3 is 2.37 bits per heavy atom. The van der Waals surface area contributed by atoms with E-state index in [-0.39, 0.29) is 17.9 Å². The van der Waals surface area contributed by atoms with E-state index in [1.165, 1.54) is 11.3 Å². The molecule has 0 unspecified atom stereocenters. The molecule has 8 nitrogen and oxygen atoms in total. The zero-order valence-corrected chi connectivity index (χ0v) is 23.5. The number of nitrogens with zero attached hydrogens (tertiary/aromatic N) is 3. The van der Waals surface area contributed by atoms with Gasteiger partial charge in [0, 0.05) is 24.0 Å². The van der Waals surface area contributed by atoms with E-state index in [9.17, 15) is 14.7 Å². The van der Waals surface area contributed by atoms with Gasteiger partial charge in [-0.3, -0.25) is 15.4 Å². The smallest absolute Gasteiger partial charge is 0.326 e. The molecule has 0 spiro atoms. The number of benzene rings is 2. The molecule has 0 fully saturated rings. The molecule has 0 aliphatic heterocycles. The first-order valence-electron chi connectivity index (χ1n) is 12.5. The quantitative estimate of drug-likeness (QED) is 0.250. The summed E-state index contributed by atoms with van der Waals surface area (Å²) in [4.78, 5) is 33.0. The molecule has 0 radical (unpaired) electrons. The van der Waals surface area contributed by atoms with Crippen LogP contribution in [-0.4, -0.2) is 39.2 Å². The number of nitrogens with one attached hydrogen (secondary N) is 2. The number of imidazole rings is 1. The first kappa shape index (κ1) is 27.3. The van der Waals surface area contributed by atoms with Gasteiger partial charge in [-0.1, -0.05) is 51.1 Å². The van der Waals surface area contributed by atoms with E-state index >= 15 is 0 Å². The fourth-order valence-electron chi connectivity index (χ4n) is 4.09. The van der Waals surface area contributed by atoms with E-state index in [4.69, 9.17) is 0 Å². The number of amides is 3. The standard InChI is InChI=1S/C29H35N5O3S/c1-28(2,3)17-25(35)33(6)20-12-13-22-21(16-20)30-26(34(22)18-29(4,5)37)32-27(36)31-24-15-14-23(38-24)19-10-8-7-9-11-19/h7-16,37H,17-18H2,1-6H3,(H2,30,31,32,36). The monoisotopic (exact) mass is 533 g/mol. The van der Waals surface area contributed by atoms with Crippen LogP contribution in [0.1, 0.15) is 41.0 Å². The van der Waals surface area contributed by atoms with E-state index in [1.807, 2.05) is 81.4 Å². The molecule has 2 aromatic carbocycles. The number of rotatable bonds is 7. The molecule has 0 atom stereocenters. The lowest BCUT2D eigenvalue weighted by atomic mass is 9.91. The Labute approximate surface area is 227 Å². The predicted molar refractivity (Wildman–Crippen MR) is 156 cm³/mol. The lowest BCUT2D eigenvalue weighted by molar-refractivity contribution is -0.120. The van der Waals surface area contributed by atoms with E-state index in [0.29, 0.717) is 28.6 Å². The second-order valence-electron chi connectivity index (χ2n) is 11.3. The maximum Gasteiger partial charge on any atom is 0.326 e. The van der Waals surface area contributed by atoms with Crippen LogP contribution in [0.3, 0.4) is 0 Å². The highest BCUT2D eigenvalue weighted by atomic mass is 32.1. The SMILES string of the molecule is CN(C(=O)CC(C)(C)C)c1ccc2c(c1)nc(NC(=O)Nc1ccc(-c3ccccc3)s1)n2CC(C)(C)O. The number of aromatic nitrogens is 2. The van der Waals surface area contributed by atoms with Crippen molar-refractivity contribution in [2.45, 2.75) is 53.2 Å². The second-order valence-corrected chi connectivity index (χ2v) is 12.4. The van der Waals surface area contributed by atoms with Crippen LogP contribution in [0, 0.1) is 5.41 Å². The average Bonchev–Trinajstić information content (AvgIpc) is 3.41. The molecule has 2 aromatic heterocycles. The number of carbonyl (C=O) groups is 2. The Morgan fingerprint density at radius 1 is 1.00 bits per heavy atom. The van der Waals surface area contributed by atoms with E-state index in [1.54, 1.807) is 30.4 Å². The van der Waals surface area contributed by atoms with E-state index in [0.717, 1.165) is 16.0 Å². The second kappa shape index (κ2) is 10.6. The lowest BCUT2D eigenvalue weighted by Crippen LogP contribution is -2.29. The summed E-state index contributed by atoms with van der Waals surface area (Å²) in [5, 5.41) is 17.0. The van der Waals surface area contributed by atoms with Crippen LogP contribution >= 0.6 is 11.3 Å². The number of thiophene rings is 1. The summed E-state index contributed by atoms with van der Waals surface area (Å²) in [5.74, 6) is 0.316. The first-order chi connectivity index (χ1) is 17.8. The van der Waals surface area contributed by atoms with Gasteiger partial charge in [-0.25, -0.2) is 9.78 Å². The minimum Gasteiger partial charge on any atom is -0.389 e. The zero-order valence-electron chi connectivity index (χ0n) is 22.7. The van der Waals surface area contributed by atoms with Crippen molar-refractivity contribution < 1.29 is 14.7 Å². The Morgan fingerprint density at radius 2 is 1.71 bits per heavy atom. The van der Waals surface area contributed by atoms with E-state index in [2.05, 4.69) is 15.6 Å². The van der Waals surface area contributed by atoms with Crippen molar-refractivity contribution in [3.05, 3.63) is 60.7 Å². The van der Waals surface area contributed by atoms with Gasteiger partial charge < -0.3 is 14.6 Å². The fourth-order valence-corrected chi connectivity index (χ4v) is 5.00.